The Labute approximate surface area is 200 Å². The topological polar surface area (TPSA) is 68.7 Å². The van der Waals surface area contributed by atoms with Gasteiger partial charge < -0.3 is 20.2 Å². The van der Waals surface area contributed by atoms with Crippen molar-refractivity contribution >= 4 is 29.0 Å². The molecular formula is C23H27ClF4N4O2. The first-order chi connectivity index (χ1) is 16.1. The number of anilines is 2. The maximum absolute atomic E-state index is 13.7. The van der Waals surface area contributed by atoms with Crippen molar-refractivity contribution in [1.82, 2.24) is 10.3 Å². The van der Waals surface area contributed by atoms with Gasteiger partial charge in [0.05, 0.1) is 17.2 Å². The molecule has 1 aliphatic rings. The first-order valence-corrected chi connectivity index (χ1v) is 11.4. The highest BCUT2D eigenvalue weighted by molar-refractivity contribution is 6.31. The zero-order valence-electron chi connectivity index (χ0n) is 18.7. The summed E-state index contributed by atoms with van der Waals surface area (Å²) in [5.41, 5.74) is -0.205. The minimum absolute atomic E-state index is 0.0172. The summed E-state index contributed by atoms with van der Waals surface area (Å²) in [6.45, 7) is 3.07. The summed E-state index contributed by atoms with van der Waals surface area (Å²) >= 11 is 5.95. The highest BCUT2D eigenvalue weighted by atomic mass is 35.5. The molecule has 3 rings (SSSR count). The molecule has 0 spiro atoms. The van der Waals surface area contributed by atoms with Gasteiger partial charge in [0.15, 0.2) is 0 Å². The first-order valence-electron chi connectivity index (χ1n) is 11.0. The summed E-state index contributed by atoms with van der Waals surface area (Å²) in [4.78, 5) is 21.0. The summed E-state index contributed by atoms with van der Waals surface area (Å²) in [6.07, 6.45) is -2.93. The van der Waals surface area contributed by atoms with Crippen molar-refractivity contribution in [1.29, 1.82) is 0 Å². The standard InChI is InChI=1S/C23H27ClF4N4O2/c1-15-12-16(23(26,27)28)13-21(30-15)32-9-2-4-20(32)22(34)31(10-3-7-29-8-11-33)17-5-6-19(25)18(24)14-17/h5-6,12-14,20,29,33H,2-4,7-11H2,1H3/t20-/m0/s1. The highest BCUT2D eigenvalue weighted by Crippen LogP contribution is 2.34. The van der Waals surface area contributed by atoms with Crippen LogP contribution in [0.3, 0.4) is 0 Å². The van der Waals surface area contributed by atoms with Crippen LogP contribution < -0.4 is 15.1 Å². The molecule has 2 N–H and O–H groups in total. The van der Waals surface area contributed by atoms with Crippen molar-refractivity contribution in [2.24, 2.45) is 0 Å². The summed E-state index contributed by atoms with van der Waals surface area (Å²) in [5.74, 6) is -0.836. The number of rotatable bonds is 9. The van der Waals surface area contributed by atoms with Crippen LogP contribution in [0.4, 0.5) is 29.1 Å². The molecule has 6 nitrogen and oxygen atoms in total. The fraction of sp³-hybridized carbons (Fsp3) is 0.478. The molecule has 0 saturated carbocycles. The highest BCUT2D eigenvalue weighted by Gasteiger charge is 2.37. The molecule has 0 bridgehead atoms. The van der Waals surface area contributed by atoms with Gasteiger partial charge in [-0.15, -0.1) is 0 Å². The van der Waals surface area contributed by atoms with E-state index in [1.54, 1.807) is 4.90 Å². The van der Waals surface area contributed by atoms with Gasteiger partial charge >= 0.3 is 6.18 Å². The van der Waals surface area contributed by atoms with Crippen LogP contribution in [0.25, 0.3) is 0 Å². The number of aliphatic hydroxyl groups is 1. The van der Waals surface area contributed by atoms with Crippen LogP contribution in [0.2, 0.25) is 5.02 Å². The van der Waals surface area contributed by atoms with Gasteiger partial charge in [-0.25, -0.2) is 9.37 Å². The average Bonchev–Trinajstić information content (AvgIpc) is 3.27. The summed E-state index contributed by atoms with van der Waals surface area (Å²) in [6, 6.07) is 5.21. The lowest BCUT2D eigenvalue weighted by molar-refractivity contribution is -0.137. The van der Waals surface area contributed by atoms with Gasteiger partial charge in [0.2, 0.25) is 5.91 Å². The average molecular weight is 503 g/mol. The molecule has 1 aromatic heterocycles. The van der Waals surface area contributed by atoms with E-state index >= 15 is 0 Å². The molecule has 0 unspecified atom stereocenters. The third-order valence-corrected chi connectivity index (χ3v) is 5.89. The summed E-state index contributed by atoms with van der Waals surface area (Å²) in [7, 11) is 0. The Balaban J connectivity index is 1.88. The number of carbonyl (C=O) groups is 1. The number of hydrogen-bond donors (Lipinski definition) is 2. The fourth-order valence-electron chi connectivity index (χ4n) is 4.03. The first kappa shape index (κ1) is 26.2. The molecule has 0 radical (unpaired) electrons. The Morgan fingerprint density at radius 1 is 1.29 bits per heavy atom. The molecule has 2 aromatic rings. The van der Waals surface area contributed by atoms with Gasteiger partial charge in [0.25, 0.3) is 0 Å². The number of nitrogens with one attached hydrogen (secondary N) is 1. The smallest absolute Gasteiger partial charge is 0.395 e. The van der Waals surface area contributed by atoms with Gasteiger partial charge in [-0.2, -0.15) is 13.2 Å². The van der Waals surface area contributed by atoms with Gasteiger partial charge in [-0.3, -0.25) is 4.79 Å². The quantitative estimate of drug-likeness (QED) is 0.398. The molecule has 186 valence electrons. The minimum Gasteiger partial charge on any atom is -0.395 e. The number of hydrogen-bond acceptors (Lipinski definition) is 5. The maximum atomic E-state index is 13.7. The van der Waals surface area contributed by atoms with Gasteiger partial charge in [0, 0.05) is 31.0 Å². The second-order valence-electron chi connectivity index (χ2n) is 8.12. The van der Waals surface area contributed by atoms with Gasteiger partial charge in [-0.1, -0.05) is 11.6 Å². The summed E-state index contributed by atoms with van der Waals surface area (Å²) in [5, 5.41) is 11.8. The minimum atomic E-state index is -4.53. The molecule has 1 saturated heterocycles. The third-order valence-electron chi connectivity index (χ3n) is 5.60. The second kappa shape index (κ2) is 11.3. The van der Waals surface area contributed by atoms with Crippen LogP contribution in [0.15, 0.2) is 30.3 Å². The van der Waals surface area contributed by atoms with Crippen molar-refractivity contribution < 1.29 is 27.5 Å². The van der Waals surface area contributed by atoms with E-state index in [4.69, 9.17) is 16.7 Å². The molecule has 0 aliphatic carbocycles. The van der Waals surface area contributed by atoms with Gasteiger partial charge in [-0.05, 0) is 63.1 Å². The Hall–Kier alpha value is -2.43. The number of aromatic nitrogens is 1. The van der Waals surface area contributed by atoms with Crippen molar-refractivity contribution in [2.45, 2.75) is 38.4 Å². The predicted octanol–water partition coefficient (Wildman–Crippen LogP) is 4.18. The zero-order valence-corrected chi connectivity index (χ0v) is 19.5. The van der Waals surface area contributed by atoms with E-state index in [-0.39, 0.29) is 35.6 Å². The number of amides is 1. The Morgan fingerprint density at radius 2 is 2.06 bits per heavy atom. The normalized spacial score (nSPS) is 16.2. The maximum Gasteiger partial charge on any atom is 0.416 e. The third kappa shape index (κ3) is 6.37. The molecule has 1 aliphatic heterocycles. The van der Waals surface area contributed by atoms with Crippen LogP contribution in [0, 0.1) is 12.7 Å². The van der Waals surface area contributed by atoms with Crippen molar-refractivity contribution in [3.63, 3.8) is 0 Å². The summed E-state index contributed by atoms with van der Waals surface area (Å²) < 4.78 is 53.8. The van der Waals surface area contributed by atoms with Crippen LogP contribution >= 0.6 is 11.6 Å². The van der Waals surface area contributed by atoms with Crippen LogP contribution in [0.1, 0.15) is 30.5 Å². The van der Waals surface area contributed by atoms with Crippen molar-refractivity contribution in [2.75, 3.05) is 42.6 Å². The number of nitrogens with zero attached hydrogens (tertiary/aromatic N) is 3. The lowest BCUT2D eigenvalue weighted by Crippen LogP contribution is -2.47. The molecule has 1 aromatic carbocycles. The second-order valence-corrected chi connectivity index (χ2v) is 8.53. The molecule has 11 heteroatoms. The monoisotopic (exact) mass is 502 g/mol. The zero-order chi connectivity index (χ0) is 24.9. The van der Waals surface area contributed by atoms with E-state index in [2.05, 4.69) is 10.3 Å². The molecule has 1 fully saturated rings. The molecule has 2 heterocycles. The number of pyridine rings is 1. The van der Waals surface area contributed by atoms with Gasteiger partial charge in [0.1, 0.15) is 17.7 Å². The van der Waals surface area contributed by atoms with E-state index in [1.807, 2.05) is 0 Å². The van der Waals surface area contributed by atoms with Crippen molar-refractivity contribution in [3.8, 4) is 0 Å². The SMILES string of the molecule is Cc1cc(C(F)(F)F)cc(N2CCC[C@H]2C(=O)N(CCCNCCO)c2ccc(F)c(Cl)c2)n1. The number of aliphatic hydroxyl groups excluding tert-OH is 1. The number of halogens is 5. The molecule has 1 atom stereocenters. The number of benzene rings is 1. The van der Waals surface area contributed by atoms with E-state index in [0.717, 1.165) is 12.1 Å². The lowest BCUT2D eigenvalue weighted by Gasteiger charge is -2.31. The number of aryl methyl sites for hydroxylation is 1. The predicted molar refractivity (Wildman–Crippen MR) is 123 cm³/mol. The largest absolute Gasteiger partial charge is 0.416 e. The Morgan fingerprint density at radius 3 is 2.74 bits per heavy atom. The van der Waals surface area contributed by atoms with Crippen LogP contribution in [-0.4, -0.2) is 54.8 Å². The van der Waals surface area contributed by atoms with Crippen LogP contribution in [0.5, 0.6) is 0 Å². The Kier molecular flexibility index (Phi) is 8.72. The molecule has 34 heavy (non-hydrogen) atoms. The fourth-order valence-corrected chi connectivity index (χ4v) is 4.20. The number of alkyl halides is 3. The van der Waals surface area contributed by atoms with E-state index < -0.39 is 23.6 Å². The lowest BCUT2D eigenvalue weighted by atomic mass is 10.1. The number of carbonyl (C=O) groups excluding carboxylic acids is 1. The van der Waals surface area contributed by atoms with E-state index in [1.165, 1.54) is 30.0 Å². The molecule has 1 amide bonds. The van der Waals surface area contributed by atoms with E-state index in [0.29, 0.717) is 44.6 Å². The van der Waals surface area contributed by atoms with E-state index in [9.17, 15) is 22.4 Å². The molecular weight excluding hydrogens is 476 g/mol. The Bertz CT molecular complexity index is 1010. The van der Waals surface area contributed by atoms with Crippen molar-refractivity contribution in [3.05, 3.63) is 52.4 Å². The van der Waals surface area contributed by atoms with Crippen LogP contribution in [-0.2, 0) is 11.0 Å².